The van der Waals surface area contributed by atoms with Gasteiger partial charge in [-0.3, -0.25) is 37.3 Å². The van der Waals surface area contributed by atoms with E-state index in [1.807, 2.05) is 18.2 Å². The predicted molar refractivity (Wildman–Crippen MR) is 408 cm³/mol. The number of aliphatic hydroxyl groups is 1. The van der Waals surface area contributed by atoms with Crippen molar-refractivity contribution in [3.05, 3.63) is 134 Å². The predicted octanol–water partition coefficient (Wildman–Crippen LogP) is 22.1. The lowest BCUT2D eigenvalue weighted by Crippen LogP contribution is -2.30. The van der Waals surface area contributed by atoms with Crippen molar-refractivity contribution < 1.29 is 80.2 Å². The van der Waals surface area contributed by atoms with E-state index in [0.717, 1.165) is 154 Å². The number of carbonyl (C=O) groups is 4. The molecule has 572 valence electrons. The van der Waals surface area contributed by atoms with Crippen LogP contribution in [0, 0.1) is 0 Å². The molecule has 0 fully saturated rings. The average Bonchev–Trinajstić information content (AvgIpc) is 0.937. The smallest absolute Gasteiger partial charge is 0.462 e. The standard InChI is InChI=1S/C81H136O17P2/c1-5-9-13-17-21-25-29-33-36-37-40-43-46-50-54-58-62-66-79(84)92-72-77(98-81(86)68-64-60-56-52-48-44-39-35-31-27-23-19-15-11-7-3)74-96-100(89,90)94-70-75(82)69-93-99(87,88)95-73-76(97-80(85)67-63-59-55-51-47-41-32-28-24-20-16-12-8-4)71-91-78(83)65-61-57-53-49-45-42-38-34-30-26-22-18-14-10-6-2/h9-10,13-14,21-22,25-26,28,32-36,38-40,43,45,49,57,61,75-77,82H,5-8,11-12,15-20,23-24,27,29-31,37,41-42,44,46-48,50-56,58-60,62-74H2,1-4H3,(H,87,88)(H,89,90)/b13-9-,14-10-,25-21-,26-22-,32-28-,36-33-,38-34-,39-35-,43-40-,49-45-,61-57-. The van der Waals surface area contributed by atoms with Gasteiger partial charge in [-0.25, -0.2) is 9.13 Å². The van der Waals surface area contributed by atoms with Crippen LogP contribution in [-0.4, -0.2) is 96.7 Å². The summed E-state index contributed by atoms with van der Waals surface area (Å²) in [5.74, 6) is -2.37. The maximum Gasteiger partial charge on any atom is 0.472 e. The monoisotopic (exact) mass is 1440 g/mol. The van der Waals surface area contributed by atoms with Crippen molar-refractivity contribution in [3.63, 3.8) is 0 Å². The Labute approximate surface area is 605 Å². The fourth-order valence-electron chi connectivity index (χ4n) is 9.80. The summed E-state index contributed by atoms with van der Waals surface area (Å²) in [4.78, 5) is 72.8. The fraction of sp³-hybridized carbons (Fsp3) is 0.679. The topological polar surface area (TPSA) is 237 Å². The molecule has 100 heavy (non-hydrogen) atoms. The van der Waals surface area contributed by atoms with Crippen LogP contribution in [0.5, 0.6) is 0 Å². The van der Waals surface area contributed by atoms with E-state index in [-0.39, 0.29) is 25.7 Å². The number of unbranched alkanes of at least 4 members (excludes halogenated alkanes) is 24. The Kier molecular flexibility index (Phi) is 69.1. The summed E-state index contributed by atoms with van der Waals surface area (Å²) in [5.41, 5.74) is 0. The normalized spacial score (nSPS) is 14.7. The molecule has 0 aliphatic rings. The molecule has 5 atom stereocenters. The highest BCUT2D eigenvalue weighted by molar-refractivity contribution is 7.47. The molecule has 0 amide bonds. The Morgan fingerprint density at radius 2 is 0.560 bits per heavy atom. The van der Waals surface area contributed by atoms with Crippen LogP contribution in [0.3, 0.4) is 0 Å². The zero-order chi connectivity index (χ0) is 73.2. The molecule has 0 spiro atoms. The number of ether oxygens (including phenoxy) is 4. The molecule has 0 rings (SSSR count). The van der Waals surface area contributed by atoms with Crippen LogP contribution in [0.4, 0.5) is 0 Å². The number of aliphatic hydroxyl groups excluding tert-OH is 1. The minimum absolute atomic E-state index is 0.0623. The maximum absolute atomic E-state index is 13.1. The van der Waals surface area contributed by atoms with Gasteiger partial charge in [0.05, 0.1) is 32.8 Å². The quantitative estimate of drug-likeness (QED) is 0.0169. The number of esters is 4. The molecule has 0 aromatic carbocycles. The largest absolute Gasteiger partial charge is 0.472 e. The highest BCUT2D eigenvalue weighted by Crippen LogP contribution is 2.45. The molecule has 5 unspecified atom stereocenters. The first-order chi connectivity index (χ1) is 48.7. The second-order valence-corrected chi connectivity index (χ2v) is 28.1. The molecule has 0 aromatic heterocycles. The van der Waals surface area contributed by atoms with Gasteiger partial charge in [0.2, 0.25) is 0 Å². The van der Waals surface area contributed by atoms with Gasteiger partial charge >= 0.3 is 39.5 Å². The highest BCUT2D eigenvalue weighted by Gasteiger charge is 2.30. The number of carbonyl (C=O) groups excluding carboxylic acids is 4. The Morgan fingerprint density at radius 1 is 0.300 bits per heavy atom. The van der Waals surface area contributed by atoms with Gasteiger partial charge in [0, 0.05) is 19.3 Å². The molecular formula is C81H136O17P2. The number of phosphoric ester groups is 2. The van der Waals surface area contributed by atoms with Crippen molar-refractivity contribution in [1.82, 2.24) is 0 Å². The summed E-state index contributed by atoms with van der Waals surface area (Å²) >= 11 is 0. The third-order valence-corrected chi connectivity index (χ3v) is 17.5. The lowest BCUT2D eigenvalue weighted by Gasteiger charge is -2.21. The van der Waals surface area contributed by atoms with Crippen LogP contribution in [0.2, 0.25) is 0 Å². The van der Waals surface area contributed by atoms with Gasteiger partial charge in [0.1, 0.15) is 19.3 Å². The Balaban J connectivity index is 5.45. The summed E-state index contributed by atoms with van der Waals surface area (Å²) in [6, 6.07) is 0. The molecule has 19 heteroatoms. The Hall–Kier alpha value is -4.80. The third-order valence-electron chi connectivity index (χ3n) is 15.6. The summed E-state index contributed by atoms with van der Waals surface area (Å²) in [6.45, 7) is 4.46. The van der Waals surface area contributed by atoms with E-state index in [1.165, 1.54) is 64.2 Å². The van der Waals surface area contributed by atoms with Crippen LogP contribution >= 0.6 is 15.6 Å². The first-order valence-electron chi connectivity index (χ1n) is 38.4. The van der Waals surface area contributed by atoms with Gasteiger partial charge in [0.15, 0.2) is 12.2 Å². The van der Waals surface area contributed by atoms with Crippen molar-refractivity contribution in [2.45, 2.75) is 316 Å². The maximum atomic E-state index is 13.1. The molecule has 0 heterocycles. The SMILES string of the molecule is CC/C=C\C/C=C\C/C=C\C/C=C\C/C=C\CC(=O)OCC(COP(=O)(O)OCC(O)COP(=O)(O)OCC(COC(=O)CCCCCC/C=C\C/C=C\C/C=C\C/C=C\CC)OC(=O)CCCCCCC/C=C\CCCCCCCC)OC(=O)CCCCCCC/C=C\CCCCCC. The van der Waals surface area contributed by atoms with Gasteiger partial charge < -0.3 is 33.8 Å². The Bertz CT molecular complexity index is 2420. The molecule has 0 radical (unpaired) electrons. The first-order valence-corrected chi connectivity index (χ1v) is 41.4. The Morgan fingerprint density at radius 3 is 0.910 bits per heavy atom. The molecule has 0 aliphatic carbocycles. The van der Waals surface area contributed by atoms with E-state index in [0.29, 0.717) is 25.7 Å². The van der Waals surface area contributed by atoms with E-state index in [4.69, 9.17) is 37.0 Å². The van der Waals surface area contributed by atoms with Gasteiger partial charge in [-0.1, -0.05) is 264 Å². The minimum Gasteiger partial charge on any atom is -0.462 e. The number of hydrogen-bond donors (Lipinski definition) is 3. The number of phosphoric acid groups is 2. The van der Waals surface area contributed by atoms with E-state index < -0.39 is 97.5 Å². The van der Waals surface area contributed by atoms with Crippen LogP contribution in [0.15, 0.2) is 134 Å². The number of hydrogen-bond acceptors (Lipinski definition) is 15. The van der Waals surface area contributed by atoms with Crippen molar-refractivity contribution >= 4 is 39.5 Å². The summed E-state index contributed by atoms with van der Waals surface area (Å²) in [6.07, 6.45) is 80.4. The molecule has 0 aliphatic heterocycles. The lowest BCUT2D eigenvalue weighted by molar-refractivity contribution is -0.161. The third kappa shape index (κ3) is 71.6. The molecule has 0 saturated carbocycles. The van der Waals surface area contributed by atoms with E-state index in [1.54, 1.807) is 6.08 Å². The van der Waals surface area contributed by atoms with Crippen molar-refractivity contribution in [2.75, 3.05) is 39.6 Å². The van der Waals surface area contributed by atoms with Crippen molar-refractivity contribution in [3.8, 4) is 0 Å². The number of allylic oxidation sites excluding steroid dienone is 21. The van der Waals surface area contributed by atoms with Gasteiger partial charge in [-0.05, 0) is 141 Å². The minimum atomic E-state index is -5.00. The van der Waals surface area contributed by atoms with E-state index in [9.17, 15) is 43.2 Å². The molecule has 0 saturated heterocycles. The van der Waals surface area contributed by atoms with E-state index >= 15 is 0 Å². The average molecular weight is 1440 g/mol. The molecular weight excluding hydrogens is 1310 g/mol. The summed E-state index contributed by atoms with van der Waals surface area (Å²) in [7, 11) is -9.99. The summed E-state index contributed by atoms with van der Waals surface area (Å²) in [5, 5.41) is 10.6. The van der Waals surface area contributed by atoms with Crippen LogP contribution in [-0.2, 0) is 65.4 Å². The summed E-state index contributed by atoms with van der Waals surface area (Å²) < 4.78 is 68.3. The first kappa shape index (κ1) is 95.2. The second kappa shape index (κ2) is 72.5. The molecule has 17 nitrogen and oxygen atoms in total. The van der Waals surface area contributed by atoms with Gasteiger partial charge in [-0.2, -0.15) is 0 Å². The van der Waals surface area contributed by atoms with Crippen molar-refractivity contribution in [1.29, 1.82) is 0 Å². The number of rotatable bonds is 71. The lowest BCUT2D eigenvalue weighted by atomic mass is 10.1. The van der Waals surface area contributed by atoms with Crippen LogP contribution in [0.25, 0.3) is 0 Å². The zero-order valence-electron chi connectivity index (χ0n) is 62.3. The molecule has 3 N–H and O–H groups in total. The van der Waals surface area contributed by atoms with Gasteiger partial charge in [0.25, 0.3) is 0 Å². The molecule has 0 bridgehead atoms. The van der Waals surface area contributed by atoms with Crippen LogP contribution in [0.1, 0.15) is 297 Å². The van der Waals surface area contributed by atoms with Gasteiger partial charge in [-0.15, -0.1) is 0 Å². The van der Waals surface area contributed by atoms with Crippen LogP contribution < -0.4 is 0 Å². The fourth-order valence-corrected chi connectivity index (χ4v) is 11.4. The van der Waals surface area contributed by atoms with Crippen molar-refractivity contribution in [2.24, 2.45) is 0 Å². The highest BCUT2D eigenvalue weighted by atomic mass is 31.2. The second-order valence-electron chi connectivity index (χ2n) is 25.2. The molecule has 0 aromatic rings. The zero-order valence-corrected chi connectivity index (χ0v) is 64.1. The van der Waals surface area contributed by atoms with E-state index in [2.05, 4.69) is 137 Å².